The summed E-state index contributed by atoms with van der Waals surface area (Å²) >= 11 is 6.08. The van der Waals surface area contributed by atoms with Gasteiger partial charge < -0.3 is 10.1 Å². The number of halogens is 1. The van der Waals surface area contributed by atoms with Crippen molar-refractivity contribution in [2.75, 3.05) is 12.4 Å². The summed E-state index contributed by atoms with van der Waals surface area (Å²) in [6, 6.07) is 21.5. The summed E-state index contributed by atoms with van der Waals surface area (Å²) in [5, 5.41) is 5.12. The maximum atomic E-state index is 6.08. The Morgan fingerprint density at radius 1 is 0.926 bits per heavy atom. The van der Waals surface area contributed by atoms with Crippen LogP contribution in [0.4, 0.5) is 11.5 Å². The van der Waals surface area contributed by atoms with Gasteiger partial charge in [0, 0.05) is 21.7 Å². The highest BCUT2D eigenvalue weighted by molar-refractivity contribution is 6.30. The first kappa shape index (κ1) is 17.3. The average molecular weight is 376 g/mol. The van der Waals surface area contributed by atoms with Crippen LogP contribution in [0.25, 0.3) is 22.3 Å². The predicted molar refractivity (Wildman–Crippen MR) is 111 cm³/mol. The van der Waals surface area contributed by atoms with Crippen LogP contribution >= 0.6 is 11.6 Å². The molecule has 0 saturated carbocycles. The Labute approximate surface area is 162 Å². The van der Waals surface area contributed by atoms with Gasteiger partial charge in [-0.3, -0.25) is 0 Å². The van der Waals surface area contributed by atoms with Gasteiger partial charge in [0.1, 0.15) is 11.6 Å². The Kier molecular flexibility index (Phi) is 4.65. The number of fused-ring (bicyclic) bond motifs is 1. The molecule has 0 aliphatic carbocycles. The fourth-order valence-corrected chi connectivity index (χ4v) is 3.16. The first-order valence-corrected chi connectivity index (χ1v) is 8.96. The van der Waals surface area contributed by atoms with E-state index in [9.17, 15) is 0 Å². The molecule has 0 fully saturated rings. The molecule has 3 aromatic carbocycles. The standard InChI is InChI=1S/C22H18ClN3O/c1-14-13-16(23)9-12-19(14)24-22-18-5-3-4-6-20(18)25-21(26-22)15-7-10-17(27-2)11-8-15/h3-13H,1-2H3,(H,24,25,26). The van der Waals surface area contributed by atoms with E-state index in [0.717, 1.165) is 39.3 Å². The van der Waals surface area contributed by atoms with E-state index in [-0.39, 0.29) is 0 Å². The van der Waals surface area contributed by atoms with Crippen molar-refractivity contribution in [3.05, 3.63) is 77.3 Å². The third-order valence-corrected chi connectivity index (χ3v) is 4.63. The maximum absolute atomic E-state index is 6.08. The Morgan fingerprint density at radius 3 is 2.44 bits per heavy atom. The normalized spacial score (nSPS) is 10.8. The number of methoxy groups -OCH3 is 1. The molecule has 0 aliphatic heterocycles. The number of benzene rings is 3. The molecule has 27 heavy (non-hydrogen) atoms. The zero-order chi connectivity index (χ0) is 18.8. The van der Waals surface area contributed by atoms with Crippen molar-refractivity contribution in [2.24, 2.45) is 0 Å². The minimum Gasteiger partial charge on any atom is -0.497 e. The minimum atomic E-state index is 0.658. The van der Waals surface area contributed by atoms with Gasteiger partial charge in [-0.25, -0.2) is 9.97 Å². The molecule has 1 aromatic heterocycles. The van der Waals surface area contributed by atoms with Gasteiger partial charge in [-0.05, 0) is 67.1 Å². The number of nitrogens with one attached hydrogen (secondary N) is 1. The van der Waals surface area contributed by atoms with Crippen molar-refractivity contribution in [1.82, 2.24) is 9.97 Å². The SMILES string of the molecule is COc1ccc(-c2nc(Nc3ccc(Cl)cc3C)c3ccccc3n2)cc1. The Balaban J connectivity index is 1.82. The largest absolute Gasteiger partial charge is 0.497 e. The second-order valence-electron chi connectivity index (χ2n) is 6.23. The van der Waals surface area contributed by atoms with Crippen LogP contribution in [0.5, 0.6) is 5.75 Å². The van der Waals surface area contributed by atoms with E-state index in [2.05, 4.69) is 5.32 Å². The van der Waals surface area contributed by atoms with Gasteiger partial charge in [-0.1, -0.05) is 23.7 Å². The topological polar surface area (TPSA) is 47.0 Å². The van der Waals surface area contributed by atoms with Gasteiger partial charge in [0.2, 0.25) is 0 Å². The fourth-order valence-electron chi connectivity index (χ4n) is 2.94. The molecule has 5 heteroatoms. The Bertz CT molecular complexity index is 1110. The second kappa shape index (κ2) is 7.25. The summed E-state index contributed by atoms with van der Waals surface area (Å²) in [6.45, 7) is 2.02. The molecule has 0 unspecified atom stereocenters. The van der Waals surface area contributed by atoms with E-state index < -0.39 is 0 Å². The van der Waals surface area contributed by atoms with Gasteiger partial charge in [-0.2, -0.15) is 0 Å². The van der Waals surface area contributed by atoms with Crippen LogP contribution in [-0.4, -0.2) is 17.1 Å². The van der Waals surface area contributed by atoms with Crippen LogP contribution in [0, 0.1) is 6.92 Å². The predicted octanol–water partition coefficient (Wildman–Crippen LogP) is 6.01. The minimum absolute atomic E-state index is 0.658. The molecule has 4 nitrogen and oxygen atoms in total. The van der Waals surface area contributed by atoms with E-state index in [4.69, 9.17) is 26.3 Å². The van der Waals surface area contributed by atoms with Gasteiger partial charge in [0.25, 0.3) is 0 Å². The van der Waals surface area contributed by atoms with Crippen LogP contribution in [0.1, 0.15) is 5.56 Å². The molecule has 0 spiro atoms. The number of hydrogen-bond donors (Lipinski definition) is 1. The van der Waals surface area contributed by atoms with Crippen molar-refractivity contribution in [2.45, 2.75) is 6.92 Å². The molecule has 0 aliphatic rings. The number of rotatable bonds is 4. The summed E-state index contributed by atoms with van der Waals surface area (Å²) in [7, 11) is 1.65. The van der Waals surface area contributed by atoms with E-state index in [1.165, 1.54) is 0 Å². The number of aromatic nitrogens is 2. The van der Waals surface area contributed by atoms with Crippen molar-refractivity contribution in [1.29, 1.82) is 0 Å². The van der Waals surface area contributed by atoms with Crippen molar-refractivity contribution < 1.29 is 4.74 Å². The molecular formula is C22H18ClN3O. The molecular weight excluding hydrogens is 358 g/mol. The molecule has 134 valence electrons. The molecule has 4 aromatic rings. The summed E-state index contributed by atoms with van der Waals surface area (Å²) in [5.74, 6) is 2.22. The van der Waals surface area contributed by atoms with Gasteiger partial charge in [-0.15, -0.1) is 0 Å². The number of para-hydroxylation sites is 1. The lowest BCUT2D eigenvalue weighted by Crippen LogP contribution is -2.00. The zero-order valence-corrected chi connectivity index (χ0v) is 15.8. The number of hydrogen-bond acceptors (Lipinski definition) is 4. The summed E-state index contributed by atoms with van der Waals surface area (Å²) in [5.41, 5.74) is 3.82. The van der Waals surface area contributed by atoms with E-state index >= 15 is 0 Å². The molecule has 0 bridgehead atoms. The highest BCUT2D eigenvalue weighted by Crippen LogP contribution is 2.29. The summed E-state index contributed by atoms with van der Waals surface area (Å²) in [6.07, 6.45) is 0. The van der Waals surface area contributed by atoms with E-state index in [0.29, 0.717) is 10.8 Å². The molecule has 4 rings (SSSR count). The van der Waals surface area contributed by atoms with Crippen molar-refractivity contribution in [3.8, 4) is 17.1 Å². The fraction of sp³-hybridized carbons (Fsp3) is 0.0909. The highest BCUT2D eigenvalue weighted by atomic mass is 35.5. The number of nitrogens with zero attached hydrogens (tertiary/aromatic N) is 2. The van der Waals surface area contributed by atoms with Crippen molar-refractivity contribution in [3.63, 3.8) is 0 Å². The van der Waals surface area contributed by atoms with Crippen LogP contribution in [0.15, 0.2) is 66.7 Å². The smallest absolute Gasteiger partial charge is 0.162 e. The first-order chi connectivity index (χ1) is 13.1. The number of anilines is 2. The average Bonchev–Trinajstić information content (AvgIpc) is 2.70. The summed E-state index contributed by atoms with van der Waals surface area (Å²) < 4.78 is 5.24. The third kappa shape index (κ3) is 3.57. The van der Waals surface area contributed by atoms with Crippen LogP contribution in [0.3, 0.4) is 0 Å². The molecule has 1 heterocycles. The lowest BCUT2D eigenvalue weighted by atomic mass is 10.1. The Hall–Kier alpha value is -3.11. The maximum Gasteiger partial charge on any atom is 0.162 e. The summed E-state index contributed by atoms with van der Waals surface area (Å²) in [4.78, 5) is 9.52. The van der Waals surface area contributed by atoms with Crippen molar-refractivity contribution >= 4 is 34.0 Å². The Morgan fingerprint density at radius 2 is 1.70 bits per heavy atom. The molecule has 0 radical (unpaired) electrons. The third-order valence-electron chi connectivity index (χ3n) is 4.39. The van der Waals surface area contributed by atoms with Gasteiger partial charge >= 0.3 is 0 Å². The number of ether oxygens (including phenoxy) is 1. The monoisotopic (exact) mass is 375 g/mol. The van der Waals surface area contributed by atoms with E-state index in [1.54, 1.807) is 7.11 Å². The second-order valence-corrected chi connectivity index (χ2v) is 6.66. The first-order valence-electron chi connectivity index (χ1n) is 8.58. The van der Waals surface area contributed by atoms with Gasteiger partial charge in [0.15, 0.2) is 5.82 Å². The number of aryl methyl sites for hydroxylation is 1. The molecule has 0 saturated heterocycles. The lowest BCUT2D eigenvalue weighted by molar-refractivity contribution is 0.415. The highest BCUT2D eigenvalue weighted by Gasteiger charge is 2.11. The quantitative estimate of drug-likeness (QED) is 0.474. The lowest BCUT2D eigenvalue weighted by Gasteiger charge is -2.13. The molecule has 0 amide bonds. The molecule has 1 N–H and O–H groups in total. The van der Waals surface area contributed by atoms with Crippen LogP contribution < -0.4 is 10.1 Å². The molecule has 0 atom stereocenters. The van der Waals surface area contributed by atoms with E-state index in [1.807, 2.05) is 73.7 Å². The van der Waals surface area contributed by atoms with Gasteiger partial charge in [0.05, 0.1) is 12.6 Å². The van der Waals surface area contributed by atoms with Crippen LogP contribution in [-0.2, 0) is 0 Å². The van der Waals surface area contributed by atoms with Crippen LogP contribution in [0.2, 0.25) is 5.02 Å². The zero-order valence-electron chi connectivity index (χ0n) is 15.0.